The number of pyridine rings is 1. The van der Waals surface area contributed by atoms with Crippen LogP contribution in [0.2, 0.25) is 0 Å². The zero-order valence-corrected chi connectivity index (χ0v) is 23.7. The van der Waals surface area contributed by atoms with Crippen molar-refractivity contribution in [1.82, 2.24) is 9.29 Å². The molecular formula is C28H28F3N3O5S2. The molecule has 13 heteroatoms. The fraction of sp³-hybridized carbons (Fsp3) is 0.393. The van der Waals surface area contributed by atoms with Crippen LogP contribution < -0.4 is 4.90 Å². The van der Waals surface area contributed by atoms with Crippen LogP contribution in [-0.4, -0.2) is 53.8 Å². The number of carboxylic acid groups (broad SMARTS) is 1. The molecule has 0 spiro atoms. The number of benzene rings is 1. The van der Waals surface area contributed by atoms with Crippen LogP contribution in [0.4, 0.5) is 18.9 Å². The molecule has 1 aliphatic carbocycles. The van der Waals surface area contributed by atoms with Gasteiger partial charge >= 0.3 is 12.1 Å². The fourth-order valence-electron chi connectivity index (χ4n) is 5.57. The molecule has 1 saturated heterocycles. The second-order valence-electron chi connectivity index (χ2n) is 10.4. The first-order valence-electron chi connectivity index (χ1n) is 13.2. The maximum atomic E-state index is 13.8. The molecule has 1 amide bonds. The molecule has 2 aliphatic rings. The molecule has 1 aromatic carbocycles. The zero-order valence-electron chi connectivity index (χ0n) is 22.1. The summed E-state index contributed by atoms with van der Waals surface area (Å²) >= 11 is 1.05. The zero-order chi connectivity index (χ0) is 29.5. The average Bonchev–Trinajstić information content (AvgIpc) is 3.38. The highest BCUT2D eigenvalue weighted by atomic mass is 32.2. The summed E-state index contributed by atoms with van der Waals surface area (Å²) in [5, 5.41) is 10.1. The van der Waals surface area contributed by atoms with E-state index < -0.39 is 51.3 Å². The highest BCUT2D eigenvalue weighted by Crippen LogP contribution is 2.42. The SMILES string of the molecule is Cc1ccc(-c2cc(N3C(=O)CN(S(=O)(=O)c4ccc(C(F)(F)F)nc4)C[C@H]3C3CCCCC3)c(C(=O)O)s2)cc1. The molecule has 41 heavy (non-hydrogen) atoms. The smallest absolute Gasteiger partial charge is 0.433 e. The lowest BCUT2D eigenvalue weighted by molar-refractivity contribution is -0.141. The number of thiophene rings is 1. The Morgan fingerprint density at radius 3 is 2.34 bits per heavy atom. The van der Waals surface area contributed by atoms with Crippen molar-refractivity contribution in [2.75, 3.05) is 18.0 Å². The standard InChI is InChI=1S/C28H28F3N3O5S2/c1-17-7-9-19(10-8-17)23-13-21(26(40-23)27(36)37)34-22(18-5-3-2-4-6-18)15-33(16-25(34)35)41(38,39)20-11-12-24(32-14-20)28(29,30)31/h7-14,18,22H,2-6,15-16H2,1H3,(H,36,37)/t22-/m0/s1. The van der Waals surface area contributed by atoms with Gasteiger partial charge in [0.05, 0.1) is 18.3 Å². The predicted molar refractivity (Wildman–Crippen MR) is 147 cm³/mol. The molecular weight excluding hydrogens is 579 g/mol. The number of hydrogen-bond donors (Lipinski definition) is 1. The van der Waals surface area contributed by atoms with Crippen molar-refractivity contribution in [3.63, 3.8) is 0 Å². The van der Waals surface area contributed by atoms with Crippen molar-refractivity contribution in [3.8, 4) is 10.4 Å². The van der Waals surface area contributed by atoms with Gasteiger partial charge in [-0.3, -0.25) is 9.78 Å². The number of sulfonamides is 1. The first-order chi connectivity index (χ1) is 19.4. The number of carbonyl (C=O) groups excluding carboxylic acids is 1. The number of piperazine rings is 1. The van der Waals surface area contributed by atoms with Crippen LogP contribution in [0.3, 0.4) is 0 Å². The Labute approximate surface area is 239 Å². The summed E-state index contributed by atoms with van der Waals surface area (Å²) in [7, 11) is -4.36. The normalized spacial score (nSPS) is 19.5. The number of halogens is 3. The van der Waals surface area contributed by atoms with Crippen LogP contribution in [0.15, 0.2) is 53.6 Å². The van der Waals surface area contributed by atoms with Crippen molar-refractivity contribution in [2.24, 2.45) is 5.92 Å². The summed E-state index contributed by atoms with van der Waals surface area (Å²) in [5.41, 5.74) is 0.844. The number of alkyl halides is 3. The molecule has 1 atom stereocenters. The van der Waals surface area contributed by atoms with E-state index in [1.165, 1.54) is 4.90 Å². The van der Waals surface area contributed by atoms with Gasteiger partial charge in [0.1, 0.15) is 15.5 Å². The predicted octanol–water partition coefficient (Wildman–Crippen LogP) is 5.82. The van der Waals surface area contributed by atoms with Crippen molar-refractivity contribution in [1.29, 1.82) is 0 Å². The van der Waals surface area contributed by atoms with Crippen LogP contribution in [0.25, 0.3) is 10.4 Å². The van der Waals surface area contributed by atoms with Crippen molar-refractivity contribution >= 4 is 38.9 Å². The van der Waals surface area contributed by atoms with E-state index in [0.717, 1.165) is 64.9 Å². The first kappa shape index (κ1) is 29.2. The Bertz CT molecular complexity index is 1550. The number of aromatic carboxylic acids is 1. The summed E-state index contributed by atoms with van der Waals surface area (Å²) in [6.45, 7) is 1.24. The highest BCUT2D eigenvalue weighted by molar-refractivity contribution is 7.89. The molecule has 218 valence electrons. The molecule has 2 fully saturated rings. The van der Waals surface area contributed by atoms with Gasteiger partial charge in [0.2, 0.25) is 15.9 Å². The maximum absolute atomic E-state index is 13.8. The second-order valence-corrected chi connectivity index (χ2v) is 13.4. The number of carbonyl (C=O) groups is 2. The first-order valence-corrected chi connectivity index (χ1v) is 15.4. The van der Waals surface area contributed by atoms with Gasteiger partial charge in [-0.1, -0.05) is 49.1 Å². The Kier molecular flexibility index (Phi) is 7.96. The Hall–Kier alpha value is -3.29. The van der Waals surface area contributed by atoms with Crippen molar-refractivity contribution < 1.29 is 36.3 Å². The van der Waals surface area contributed by atoms with E-state index in [9.17, 15) is 36.3 Å². The number of amides is 1. The molecule has 2 aromatic heterocycles. The molecule has 3 aromatic rings. The van der Waals surface area contributed by atoms with Crippen LogP contribution in [0, 0.1) is 12.8 Å². The third-order valence-electron chi connectivity index (χ3n) is 7.66. The molecule has 1 saturated carbocycles. The molecule has 1 N–H and O–H groups in total. The van der Waals surface area contributed by atoms with E-state index in [1.54, 1.807) is 6.07 Å². The molecule has 0 radical (unpaired) electrons. The van der Waals surface area contributed by atoms with Gasteiger partial charge in [-0.15, -0.1) is 11.3 Å². The monoisotopic (exact) mass is 607 g/mol. The summed E-state index contributed by atoms with van der Waals surface area (Å²) in [6, 6.07) is 10.0. The van der Waals surface area contributed by atoms with Crippen LogP contribution >= 0.6 is 11.3 Å². The quantitative estimate of drug-likeness (QED) is 0.378. The second kappa shape index (κ2) is 11.2. The van der Waals surface area contributed by atoms with Gasteiger partial charge in [-0.2, -0.15) is 17.5 Å². The topological polar surface area (TPSA) is 108 Å². The number of carboxylic acids is 1. The largest absolute Gasteiger partial charge is 0.477 e. The van der Waals surface area contributed by atoms with E-state index >= 15 is 0 Å². The average molecular weight is 608 g/mol. The van der Waals surface area contributed by atoms with Gasteiger partial charge in [0.25, 0.3) is 0 Å². The fourth-order valence-corrected chi connectivity index (χ4v) is 7.91. The van der Waals surface area contributed by atoms with Crippen molar-refractivity contribution in [3.05, 3.63) is 64.8 Å². The van der Waals surface area contributed by atoms with Gasteiger partial charge in [0, 0.05) is 17.6 Å². The number of nitrogens with zero attached hydrogens (tertiary/aromatic N) is 3. The van der Waals surface area contributed by atoms with Crippen molar-refractivity contribution in [2.45, 2.75) is 56.1 Å². The molecule has 0 bridgehead atoms. The third-order valence-corrected chi connectivity index (χ3v) is 10.6. The summed E-state index contributed by atoms with van der Waals surface area (Å²) in [5.74, 6) is -1.86. The van der Waals surface area contributed by atoms with E-state index in [0.29, 0.717) is 17.1 Å². The molecule has 5 rings (SSSR count). The lowest BCUT2D eigenvalue weighted by Crippen LogP contribution is -2.60. The van der Waals surface area contributed by atoms with Gasteiger partial charge in [-0.05, 0) is 49.4 Å². The number of hydrogen-bond acceptors (Lipinski definition) is 6. The number of aromatic nitrogens is 1. The molecule has 1 aliphatic heterocycles. The number of rotatable bonds is 6. The van der Waals surface area contributed by atoms with E-state index in [-0.39, 0.29) is 23.0 Å². The third kappa shape index (κ3) is 5.88. The van der Waals surface area contributed by atoms with Gasteiger partial charge in [-0.25, -0.2) is 13.2 Å². The molecule has 8 nitrogen and oxygen atoms in total. The Morgan fingerprint density at radius 1 is 1.07 bits per heavy atom. The maximum Gasteiger partial charge on any atom is 0.433 e. The minimum Gasteiger partial charge on any atom is -0.477 e. The molecule has 0 unspecified atom stereocenters. The van der Waals surface area contributed by atoms with Crippen LogP contribution in [0.1, 0.15) is 53.0 Å². The molecule has 3 heterocycles. The minimum absolute atomic E-state index is 0.0158. The number of aryl methyl sites for hydroxylation is 1. The van der Waals surface area contributed by atoms with E-state index in [2.05, 4.69) is 4.98 Å². The lowest BCUT2D eigenvalue weighted by Gasteiger charge is -2.44. The Morgan fingerprint density at radius 2 is 1.76 bits per heavy atom. The van der Waals surface area contributed by atoms with Crippen LogP contribution in [0.5, 0.6) is 0 Å². The summed E-state index contributed by atoms with van der Waals surface area (Å²) < 4.78 is 66.9. The Balaban J connectivity index is 1.53. The number of anilines is 1. The highest BCUT2D eigenvalue weighted by Gasteiger charge is 2.44. The van der Waals surface area contributed by atoms with E-state index in [4.69, 9.17) is 0 Å². The van der Waals surface area contributed by atoms with Gasteiger partial charge in [0.15, 0.2) is 0 Å². The van der Waals surface area contributed by atoms with Crippen LogP contribution in [-0.2, 0) is 21.0 Å². The summed E-state index contributed by atoms with van der Waals surface area (Å²) in [6.07, 6.45) is 0.192. The van der Waals surface area contributed by atoms with E-state index in [1.807, 2.05) is 31.2 Å². The van der Waals surface area contributed by atoms with Gasteiger partial charge < -0.3 is 10.0 Å². The summed E-state index contributed by atoms with van der Waals surface area (Å²) in [4.78, 5) is 31.0. The minimum atomic E-state index is -4.73. The lowest BCUT2D eigenvalue weighted by atomic mass is 9.82.